The van der Waals surface area contributed by atoms with Crippen LogP contribution in [0, 0.1) is 0 Å². The van der Waals surface area contributed by atoms with Gasteiger partial charge < -0.3 is 9.88 Å². The van der Waals surface area contributed by atoms with Crippen LogP contribution in [0.15, 0.2) is 53.9 Å². The van der Waals surface area contributed by atoms with Crippen LogP contribution in [0.5, 0.6) is 0 Å². The molecule has 0 radical (unpaired) electrons. The first-order valence-electron chi connectivity index (χ1n) is 9.96. The summed E-state index contributed by atoms with van der Waals surface area (Å²) in [5, 5.41) is 12.6. The standard InChI is InChI=1S/C22H25N5OS/c1-4-27-19(17-6-5-13-23-14-17)25-26-21(27)29-22(11-12-22)20(28)24-18-9-7-16(8-10-18)15(2)3/h5-10,13-15H,4,11-12H2,1-3H3,(H,24,28). The smallest absolute Gasteiger partial charge is 0.241 e. The zero-order valence-electron chi connectivity index (χ0n) is 16.9. The van der Waals surface area contributed by atoms with E-state index >= 15 is 0 Å². The molecule has 0 aliphatic heterocycles. The van der Waals surface area contributed by atoms with Crippen molar-refractivity contribution in [1.82, 2.24) is 19.7 Å². The number of thioether (sulfide) groups is 1. The number of nitrogens with one attached hydrogen (secondary N) is 1. The molecule has 7 heteroatoms. The van der Waals surface area contributed by atoms with Crippen molar-refractivity contribution in [3.05, 3.63) is 54.4 Å². The number of carbonyl (C=O) groups is 1. The Labute approximate surface area is 175 Å². The van der Waals surface area contributed by atoms with Gasteiger partial charge in [-0.3, -0.25) is 9.78 Å². The highest BCUT2D eigenvalue weighted by Gasteiger charge is 2.52. The normalized spacial score (nSPS) is 14.8. The molecule has 1 amide bonds. The topological polar surface area (TPSA) is 72.7 Å². The van der Waals surface area contributed by atoms with Gasteiger partial charge >= 0.3 is 0 Å². The summed E-state index contributed by atoms with van der Waals surface area (Å²) in [5.41, 5.74) is 3.02. The van der Waals surface area contributed by atoms with Crippen molar-refractivity contribution >= 4 is 23.4 Å². The third-order valence-electron chi connectivity index (χ3n) is 5.19. The molecule has 0 atom stereocenters. The predicted octanol–water partition coefficient (Wildman–Crippen LogP) is 4.75. The second-order valence-electron chi connectivity index (χ2n) is 7.62. The Morgan fingerprint density at radius 1 is 1.21 bits per heavy atom. The minimum Gasteiger partial charge on any atom is -0.325 e. The summed E-state index contributed by atoms with van der Waals surface area (Å²) in [6, 6.07) is 11.9. The van der Waals surface area contributed by atoms with E-state index in [1.54, 1.807) is 12.4 Å². The fourth-order valence-electron chi connectivity index (χ4n) is 3.22. The maximum absolute atomic E-state index is 13.0. The third-order valence-corrected chi connectivity index (χ3v) is 6.66. The van der Waals surface area contributed by atoms with E-state index in [0.717, 1.165) is 41.6 Å². The fraction of sp³-hybridized carbons (Fsp3) is 0.364. The van der Waals surface area contributed by atoms with E-state index < -0.39 is 4.75 Å². The number of anilines is 1. The highest BCUT2D eigenvalue weighted by atomic mass is 32.2. The van der Waals surface area contributed by atoms with Crippen molar-refractivity contribution in [3.63, 3.8) is 0 Å². The number of pyridine rings is 1. The van der Waals surface area contributed by atoms with Crippen LogP contribution in [0.4, 0.5) is 5.69 Å². The summed E-state index contributed by atoms with van der Waals surface area (Å²) in [6.45, 7) is 7.11. The van der Waals surface area contributed by atoms with Gasteiger partial charge in [0.1, 0.15) is 4.75 Å². The Kier molecular flexibility index (Phi) is 5.41. The lowest BCUT2D eigenvalue weighted by Gasteiger charge is -2.16. The lowest BCUT2D eigenvalue weighted by atomic mass is 10.0. The average molecular weight is 408 g/mol. The van der Waals surface area contributed by atoms with Crippen LogP contribution >= 0.6 is 11.8 Å². The maximum atomic E-state index is 13.0. The lowest BCUT2D eigenvalue weighted by Crippen LogP contribution is -2.27. The molecule has 0 bridgehead atoms. The van der Waals surface area contributed by atoms with Gasteiger partial charge in [-0.05, 0) is 55.5 Å². The van der Waals surface area contributed by atoms with E-state index in [1.807, 2.05) is 28.8 Å². The van der Waals surface area contributed by atoms with Gasteiger partial charge in [0.05, 0.1) is 0 Å². The molecule has 29 heavy (non-hydrogen) atoms. The van der Waals surface area contributed by atoms with Gasteiger partial charge in [0.2, 0.25) is 5.91 Å². The molecule has 0 unspecified atom stereocenters. The molecule has 2 aromatic heterocycles. The first-order chi connectivity index (χ1) is 14.0. The number of benzene rings is 1. The van der Waals surface area contributed by atoms with Crippen molar-refractivity contribution < 1.29 is 4.79 Å². The largest absolute Gasteiger partial charge is 0.325 e. The number of carbonyl (C=O) groups excluding carboxylic acids is 1. The van der Waals surface area contributed by atoms with Gasteiger partial charge in [-0.15, -0.1) is 10.2 Å². The Morgan fingerprint density at radius 2 is 1.97 bits per heavy atom. The molecule has 1 saturated carbocycles. The maximum Gasteiger partial charge on any atom is 0.241 e. The Morgan fingerprint density at radius 3 is 2.55 bits per heavy atom. The minimum atomic E-state index is -0.469. The van der Waals surface area contributed by atoms with E-state index in [4.69, 9.17) is 0 Å². The zero-order valence-corrected chi connectivity index (χ0v) is 17.7. The minimum absolute atomic E-state index is 0.0355. The van der Waals surface area contributed by atoms with Gasteiger partial charge in [0, 0.05) is 30.2 Å². The molecule has 1 aromatic carbocycles. The number of nitrogens with zero attached hydrogens (tertiary/aromatic N) is 4. The van der Waals surface area contributed by atoms with Crippen LogP contribution in [0.25, 0.3) is 11.4 Å². The fourth-order valence-corrected chi connectivity index (χ4v) is 4.42. The third kappa shape index (κ3) is 4.05. The Balaban J connectivity index is 1.50. The predicted molar refractivity (Wildman–Crippen MR) is 116 cm³/mol. The van der Waals surface area contributed by atoms with Crippen molar-refractivity contribution in [3.8, 4) is 11.4 Å². The molecular formula is C22H25N5OS. The van der Waals surface area contributed by atoms with Crippen molar-refractivity contribution in [2.45, 2.75) is 56.0 Å². The quantitative estimate of drug-likeness (QED) is 0.612. The van der Waals surface area contributed by atoms with Crippen LogP contribution in [-0.2, 0) is 11.3 Å². The van der Waals surface area contributed by atoms with Gasteiger partial charge in [0.15, 0.2) is 11.0 Å². The molecule has 1 fully saturated rings. The summed E-state index contributed by atoms with van der Waals surface area (Å²) < 4.78 is 1.58. The molecule has 6 nitrogen and oxygen atoms in total. The molecule has 1 aliphatic carbocycles. The van der Waals surface area contributed by atoms with Crippen LogP contribution in [-0.4, -0.2) is 30.4 Å². The summed E-state index contributed by atoms with van der Waals surface area (Å²) in [7, 11) is 0. The zero-order chi connectivity index (χ0) is 20.4. The number of rotatable bonds is 7. The van der Waals surface area contributed by atoms with Crippen LogP contribution in [0.2, 0.25) is 0 Å². The first kappa shape index (κ1) is 19.6. The molecule has 1 aliphatic rings. The second kappa shape index (κ2) is 7.99. The molecular weight excluding hydrogens is 382 g/mol. The molecule has 0 saturated heterocycles. The van der Waals surface area contributed by atoms with Crippen LogP contribution < -0.4 is 5.32 Å². The highest BCUT2D eigenvalue weighted by molar-refractivity contribution is 8.01. The highest BCUT2D eigenvalue weighted by Crippen LogP contribution is 2.52. The monoisotopic (exact) mass is 407 g/mol. The average Bonchev–Trinajstić information content (AvgIpc) is 3.41. The molecule has 4 rings (SSSR count). The van der Waals surface area contributed by atoms with Crippen LogP contribution in [0.3, 0.4) is 0 Å². The first-order valence-corrected chi connectivity index (χ1v) is 10.8. The van der Waals surface area contributed by atoms with E-state index in [0.29, 0.717) is 5.92 Å². The van der Waals surface area contributed by atoms with Gasteiger partial charge in [-0.25, -0.2) is 0 Å². The van der Waals surface area contributed by atoms with Crippen LogP contribution in [0.1, 0.15) is 45.1 Å². The Hall–Kier alpha value is -2.67. The number of hydrogen-bond acceptors (Lipinski definition) is 5. The van der Waals surface area contributed by atoms with Crippen molar-refractivity contribution in [2.24, 2.45) is 0 Å². The van der Waals surface area contributed by atoms with Gasteiger partial charge in [0.25, 0.3) is 0 Å². The van der Waals surface area contributed by atoms with E-state index in [1.165, 1.54) is 17.3 Å². The second-order valence-corrected chi connectivity index (χ2v) is 8.97. The molecule has 3 aromatic rings. The van der Waals surface area contributed by atoms with E-state index in [2.05, 4.69) is 53.4 Å². The molecule has 1 N–H and O–H groups in total. The number of hydrogen-bond donors (Lipinski definition) is 1. The summed E-state index contributed by atoms with van der Waals surface area (Å²) >= 11 is 1.52. The molecule has 150 valence electrons. The van der Waals surface area contributed by atoms with E-state index in [9.17, 15) is 4.79 Å². The number of aromatic nitrogens is 4. The summed E-state index contributed by atoms with van der Waals surface area (Å²) in [6.07, 6.45) is 5.20. The van der Waals surface area contributed by atoms with Crippen molar-refractivity contribution in [1.29, 1.82) is 0 Å². The summed E-state index contributed by atoms with van der Waals surface area (Å²) in [5.74, 6) is 1.29. The van der Waals surface area contributed by atoms with E-state index in [-0.39, 0.29) is 5.91 Å². The number of amides is 1. The van der Waals surface area contributed by atoms with Gasteiger partial charge in [-0.2, -0.15) is 0 Å². The molecule has 0 spiro atoms. The van der Waals surface area contributed by atoms with Crippen molar-refractivity contribution in [2.75, 3.05) is 5.32 Å². The molecule has 2 heterocycles. The lowest BCUT2D eigenvalue weighted by molar-refractivity contribution is -0.116. The SMILES string of the molecule is CCn1c(SC2(C(=O)Nc3ccc(C(C)C)cc3)CC2)nnc1-c1cccnc1. The summed E-state index contributed by atoms with van der Waals surface area (Å²) in [4.78, 5) is 17.2. The van der Waals surface area contributed by atoms with Gasteiger partial charge in [-0.1, -0.05) is 37.7 Å². The Bertz CT molecular complexity index is 994.